The number of fused-ring (bicyclic) bond motifs is 2. The lowest BCUT2D eigenvalue weighted by Gasteiger charge is -2.56. The molecule has 3 rings (SSSR count). The van der Waals surface area contributed by atoms with Crippen LogP contribution < -0.4 is 5.73 Å². The zero-order chi connectivity index (χ0) is 20.7. The SMILES string of the molecule is CC(=O)N1CCC2(CC1)[C@@H]1CN(C(C)=O)CC=C1C(C#N)=C(N)C2(C#N)C#N. The minimum absolute atomic E-state index is 0.00458. The number of allylic oxidation sites excluding steroid dienone is 2. The Bertz CT molecular complexity index is 904. The van der Waals surface area contributed by atoms with Crippen molar-refractivity contribution in [2.24, 2.45) is 22.5 Å². The fourth-order valence-electron chi connectivity index (χ4n) is 5.06. The molecular weight excluding hydrogens is 356 g/mol. The Kier molecular flexibility index (Phi) is 4.65. The number of likely N-dealkylation sites (tertiary alicyclic amines) is 1. The fraction of sp³-hybridized carbons (Fsp3) is 0.550. The van der Waals surface area contributed by atoms with Gasteiger partial charge >= 0.3 is 0 Å². The molecule has 2 aliphatic heterocycles. The van der Waals surface area contributed by atoms with Crippen LogP contribution in [-0.2, 0) is 9.59 Å². The van der Waals surface area contributed by atoms with Crippen LogP contribution in [0.2, 0.25) is 0 Å². The van der Waals surface area contributed by atoms with Gasteiger partial charge in [-0.3, -0.25) is 9.59 Å². The average molecular weight is 378 g/mol. The number of nitrogens with zero attached hydrogens (tertiary/aromatic N) is 5. The maximum absolute atomic E-state index is 12.0. The van der Waals surface area contributed by atoms with E-state index in [1.165, 1.54) is 13.8 Å². The Balaban J connectivity index is 2.23. The highest BCUT2D eigenvalue weighted by Gasteiger charge is 2.64. The summed E-state index contributed by atoms with van der Waals surface area (Å²) in [6.45, 7) is 4.46. The van der Waals surface area contributed by atoms with Gasteiger partial charge in [-0.15, -0.1) is 0 Å². The molecule has 3 aliphatic rings. The number of rotatable bonds is 0. The van der Waals surface area contributed by atoms with Crippen LogP contribution in [0, 0.1) is 50.7 Å². The Morgan fingerprint density at radius 3 is 2.14 bits per heavy atom. The van der Waals surface area contributed by atoms with E-state index in [9.17, 15) is 25.4 Å². The van der Waals surface area contributed by atoms with Crippen LogP contribution >= 0.6 is 0 Å². The van der Waals surface area contributed by atoms with Crippen LogP contribution in [-0.4, -0.2) is 47.8 Å². The normalized spacial score (nSPS) is 25.1. The lowest BCUT2D eigenvalue weighted by molar-refractivity contribution is -0.134. The van der Waals surface area contributed by atoms with Crippen molar-refractivity contribution in [3.63, 3.8) is 0 Å². The Labute approximate surface area is 164 Å². The van der Waals surface area contributed by atoms with Crippen LogP contribution in [0.5, 0.6) is 0 Å². The van der Waals surface area contributed by atoms with E-state index in [2.05, 4.69) is 18.2 Å². The molecule has 2 amide bonds. The highest BCUT2D eigenvalue weighted by Crippen LogP contribution is 2.61. The summed E-state index contributed by atoms with van der Waals surface area (Å²) in [5.41, 5.74) is 4.65. The molecule has 0 aromatic heterocycles. The number of piperidine rings is 1. The average Bonchev–Trinajstić information content (AvgIpc) is 2.69. The number of hydrogen-bond donors (Lipinski definition) is 1. The number of hydrogen-bond acceptors (Lipinski definition) is 6. The predicted octanol–water partition coefficient (Wildman–Crippen LogP) is 0.803. The lowest BCUT2D eigenvalue weighted by Crippen LogP contribution is -2.61. The number of amides is 2. The van der Waals surface area contributed by atoms with E-state index in [1.807, 2.05) is 6.08 Å². The van der Waals surface area contributed by atoms with Crippen LogP contribution in [0.15, 0.2) is 22.9 Å². The Hall–Kier alpha value is -3.31. The maximum Gasteiger partial charge on any atom is 0.219 e. The monoisotopic (exact) mass is 378 g/mol. The van der Waals surface area contributed by atoms with Crippen LogP contribution in [0.3, 0.4) is 0 Å². The number of nitriles is 3. The lowest BCUT2D eigenvalue weighted by atomic mass is 9.47. The third-order valence-corrected chi connectivity index (χ3v) is 6.68. The van der Waals surface area contributed by atoms with Gasteiger partial charge in [0, 0.05) is 51.4 Å². The van der Waals surface area contributed by atoms with Gasteiger partial charge in [-0.2, -0.15) is 15.8 Å². The van der Waals surface area contributed by atoms with E-state index < -0.39 is 10.8 Å². The van der Waals surface area contributed by atoms with Crippen molar-refractivity contribution in [3.05, 3.63) is 22.9 Å². The summed E-state index contributed by atoms with van der Waals surface area (Å²) in [6, 6.07) is 6.35. The van der Waals surface area contributed by atoms with Gasteiger partial charge in [0.15, 0.2) is 5.41 Å². The van der Waals surface area contributed by atoms with Crippen molar-refractivity contribution < 1.29 is 9.59 Å². The Morgan fingerprint density at radius 1 is 1.11 bits per heavy atom. The van der Waals surface area contributed by atoms with Crippen LogP contribution in [0.25, 0.3) is 0 Å². The predicted molar refractivity (Wildman–Crippen MR) is 98.2 cm³/mol. The van der Waals surface area contributed by atoms with Gasteiger partial charge in [-0.25, -0.2) is 0 Å². The molecule has 1 saturated heterocycles. The van der Waals surface area contributed by atoms with Crippen LogP contribution in [0.1, 0.15) is 26.7 Å². The van der Waals surface area contributed by atoms with Gasteiger partial charge in [0.25, 0.3) is 0 Å². The van der Waals surface area contributed by atoms with E-state index in [4.69, 9.17) is 5.73 Å². The standard InChI is InChI=1S/C20H22N6O2/c1-13(27)25-7-4-19(5-8-25)17-10-26(14(2)28)6-3-15(17)16(9-21)18(24)20(19,11-22)12-23/h3,17H,4-8,10,24H2,1-2H3/t17-/m1/s1. The quantitative estimate of drug-likeness (QED) is 0.662. The second-order valence-electron chi connectivity index (χ2n) is 7.67. The molecule has 28 heavy (non-hydrogen) atoms. The molecule has 8 nitrogen and oxygen atoms in total. The highest BCUT2D eigenvalue weighted by atomic mass is 16.2. The summed E-state index contributed by atoms with van der Waals surface area (Å²) in [5.74, 6) is -0.524. The Morgan fingerprint density at radius 2 is 1.68 bits per heavy atom. The number of carbonyl (C=O) groups is 2. The van der Waals surface area contributed by atoms with Crippen molar-refractivity contribution in [1.82, 2.24) is 9.80 Å². The van der Waals surface area contributed by atoms with Gasteiger partial charge in [-0.1, -0.05) is 6.08 Å². The zero-order valence-corrected chi connectivity index (χ0v) is 16.0. The molecular formula is C20H22N6O2. The molecule has 0 bridgehead atoms. The van der Waals surface area contributed by atoms with E-state index >= 15 is 0 Å². The zero-order valence-electron chi connectivity index (χ0n) is 16.0. The van der Waals surface area contributed by atoms with Crippen molar-refractivity contribution in [3.8, 4) is 18.2 Å². The van der Waals surface area contributed by atoms with Gasteiger partial charge in [0.2, 0.25) is 11.8 Å². The van der Waals surface area contributed by atoms with Gasteiger partial charge in [0.1, 0.15) is 6.07 Å². The molecule has 0 saturated carbocycles. The molecule has 1 atom stereocenters. The second-order valence-corrected chi connectivity index (χ2v) is 7.67. The number of nitrogens with two attached hydrogens (primary N) is 1. The van der Waals surface area contributed by atoms with Gasteiger partial charge < -0.3 is 15.5 Å². The topological polar surface area (TPSA) is 138 Å². The largest absolute Gasteiger partial charge is 0.399 e. The van der Waals surface area contributed by atoms with Crippen molar-refractivity contribution in [2.45, 2.75) is 26.7 Å². The van der Waals surface area contributed by atoms with E-state index in [0.717, 1.165) is 5.57 Å². The fourth-order valence-corrected chi connectivity index (χ4v) is 5.06. The van der Waals surface area contributed by atoms with Crippen LogP contribution in [0.4, 0.5) is 0 Å². The first-order valence-electron chi connectivity index (χ1n) is 9.22. The molecule has 0 aromatic carbocycles. The molecule has 1 spiro atoms. The summed E-state index contributed by atoms with van der Waals surface area (Å²) in [7, 11) is 0. The minimum atomic E-state index is -1.68. The van der Waals surface area contributed by atoms with Gasteiger partial charge in [-0.05, 0) is 18.4 Å². The first-order chi connectivity index (χ1) is 13.3. The molecule has 2 heterocycles. The molecule has 2 N–H and O–H groups in total. The third-order valence-electron chi connectivity index (χ3n) is 6.68. The highest BCUT2D eigenvalue weighted by molar-refractivity contribution is 5.75. The first-order valence-corrected chi connectivity index (χ1v) is 9.22. The minimum Gasteiger partial charge on any atom is -0.399 e. The van der Waals surface area contributed by atoms with Crippen molar-refractivity contribution in [2.75, 3.05) is 26.2 Å². The first kappa shape index (κ1) is 19.5. The second kappa shape index (κ2) is 6.69. The molecule has 0 unspecified atom stereocenters. The van der Waals surface area contributed by atoms with Crippen molar-refractivity contribution in [1.29, 1.82) is 15.8 Å². The summed E-state index contributed by atoms with van der Waals surface area (Å²) in [5, 5.41) is 29.9. The number of carbonyl (C=O) groups excluding carboxylic acids is 2. The van der Waals surface area contributed by atoms with E-state index in [-0.39, 0.29) is 29.0 Å². The molecule has 0 radical (unpaired) electrons. The smallest absolute Gasteiger partial charge is 0.219 e. The summed E-state index contributed by atoms with van der Waals surface area (Å²) in [6.07, 6.45) is 2.63. The molecule has 144 valence electrons. The summed E-state index contributed by atoms with van der Waals surface area (Å²) < 4.78 is 0. The molecule has 1 aliphatic carbocycles. The molecule has 8 heteroatoms. The van der Waals surface area contributed by atoms with Gasteiger partial charge in [0.05, 0.1) is 23.4 Å². The molecule has 1 fully saturated rings. The molecule has 0 aromatic rings. The summed E-state index contributed by atoms with van der Waals surface area (Å²) in [4.78, 5) is 27.2. The van der Waals surface area contributed by atoms with Crippen molar-refractivity contribution >= 4 is 11.8 Å². The maximum atomic E-state index is 12.0. The summed E-state index contributed by atoms with van der Waals surface area (Å²) >= 11 is 0. The van der Waals surface area contributed by atoms with E-state index in [0.29, 0.717) is 39.0 Å². The third kappa shape index (κ3) is 2.40. The van der Waals surface area contributed by atoms with E-state index in [1.54, 1.807) is 9.80 Å².